The normalized spacial score (nSPS) is 12.5. The fraction of sp³-hybridized carbons (Fsp3) is 0.333. The van der Waals surface area contributed by atoms with Gasteiger partial charge in [-0.15, -0.1) is 0 Å². The predicted octanol–water partition coefficient (Wildman–Crippen LogP) is 0.557. The van der Waals surface area contributed by atoms with Gasteiger partial charge in [0.1, 0.15) is 12.3 Å². The van der Waals surface area contributed by atoms with Gasteiger partial charge in [-0.2, -0.15) is 4.98 Å². The van der Waals surface area contributed by atoms with E-state index in [1.165, 1.54) is 29.5 Å². The molecule has 0 saturated heterocycles. The monoisotopic (exact) mass is 365 g/mol. The average Bonchev–Trinajstić information content (AvgIpc) is 3.20. The second-order valence-electron chi connectivity index (χ2n) is 5.65. The Morgan fingerprint density at radius 1 is 1.36 bits per heavy atom. The van der Waals surface area contributed by atoms with E-state index in [1.807, 2.05) is 0 Å². The second kappa shape index (κ2) is 6.25. The van der Waals surface area contributed by atoms with Crippen molar-refractivity contribution in [3.05, 3.63) is 50.3 Å². The summed E-state index contributed by atoms with van der Waals surface area (Å²) < 4.78 is 8.67. The molecule has 0 aliphatic heterocycles. The quantitative estimate of drug-likeness (QED) is 0.680. The van der Waals surface area contributed by atoms with E-state index in [4.69, 9.17) is 16.0 Å². The molecular formula is C15H16ClN5O4. The summed E-state index contributed by atoms with van der Waals surface area (Å²) in [4.78, 5) is 40.7. The number of aromatic nitrogens is 4. The van der Waals surface area contributed by atoms with E-state index in [-0.39, 0.29) is 34.9 Å². The van der Waals surface area contributed by atoms with Crippen LogP contribution in [0.15, 0.2) is 32.4 Å². The zero-order valence-corrected chi connectivity index (χ0v) is 14.6. The fourth-order valence-corrected chi connectivity index (χ4v) is 2.83. The first-order chi connectivity index (χ1) is 11.8. The van der Waals surface area contributed by atoms with Gasteiger partial charge in [-0.25, -0.2) is 4.79 Å². The first-order valence-corrected chi connectivity index (χ1v) is 7.83. The molecular weight excluding hydrogens is 350 g/mol. The molecule has 3 aromatic rings. The maximum atomic E-state index is 12.4. The Bertz CT molecular complexity index is 1060. The molecule has 0 aliphatic carbocycles. The Hall–Kier alpha value is -2.81. The number of fused-ring (bicyclic) bond motifs is 1. The molecule has 0 aliphatic rings. The molecule has 3 heterocycles. The first kappa shape index (κ1) is 17.0. The van der Waals surface area contributed by atoms with Crippen molar-refractivity contribution < 1.29 is 9.21 Å². The largest absolute Gasteiger partial charge is 0.467 e. The van der Waals surface area contributed by atoms with E-state index in [1.54, 1.807) is 19.1 Å². The summed E-state index contributed by atoms with van der Waals surface area (Å²) in [5.41, 5.74) is -0.862. The zero-order valence-electron chi connectivity index (χ0n) is 13.8. The van der Waals surface area contributed by atoms with Crippen molar-refractivity contribution in [1.82, 2.24) is 24.0 Å². The van der Waals surface area contributed by atoms with E-state index < -0.39 is 11.2 Å². The lowest BCUT2D eigenvalue weighted by molar-refractivity contribution is -0.122. The van der Waals surface area contributed by atoms with Crippen molar-refractivity contribution in [3.63, 3.8) is 0 Å². The van der Waals surface area contributed by atoms with Gasteiger partial charge >= 0.3 is 5.69 Å². The lowest BCUT2D eigenvalue weighted by Gasteiger charge is -2.12. The summed E-state index contributed by atoms with van der Waals surface area (Å²) in [7, 11) is 2.84. The second-order valence-corrected chi connectivity index (χ2v) is 5.99. The molecule has 0 aromatic carbocycles. The van der Waals surface area contributed by atoms with Crippen LogP contribution < -0.4 is 16.6 Å². The van der Waals surface area contributed by atoms with Crippen molar-refractivity contribution >= 4 is 28.7 Å². The molecule has 3 aromatic heterocycles. The third-order valence-corrected chi connectivity index (χ3v) is 4.24. The minimum atomic E-state index is -0.565. The van der Waals surface area contributed by atoms with E-state index >= 15 is 0 Å². The zero-order chi connectivity index (χ0) is 18.3. The minimum Gasteiger partial charge on any atom is -0.467 e. The number of hydrogen-bond donors (Lipinski definition) is 1. The minimum absolute atomic E-state index is 0.0471. The van der Waals surface area contributed by atoms with Gasteiger partial charge in [-0.05, 0) is 30.7 Å². The average molecular weight is 366 g/mol. The Morgan fingerprint density at radius 2 is 2.08 bits per heavy atom. The molecule has 3 rings (SSSR count). The molecule has 0 unspecified atom stereocenters. The summed E-state index contributed by atoms with van der Waals surface area (Å²) in [5.74, 6) is 0.231. The number of nitrogens with one attached hydrogen (secondary N) is 1. The third kappa shape index (κ3) is 2.86. The molecule has 0 radical (unpaired) electrons. The van der Waals surface area contributed by atoms with Gasteiger partial charge < -0.3 is 9.73 Å². The number of hydrogen-bond acceptors (Lipinski definition) is 5. The summed E-state index contributed by atoms with van der Waals surface area (Å²) in [5, 5.41) is 2.71. The molecule has 1 amide bonds. The Morgan fingerprint density at radius 3 is 2.72 bits per heavy atom. The smallest absolute Gasteiger partial charge is 0.332 e. The summed E-state index contributed by atoms with van der Waals surface area (Å²) in [6, 6.07) is 3.13. The van der Waals surface area contributed by atoms with Crippen molar-refractivity contribution in [3.8, 4) is 0 Å². The van der Waals surface area contributed by atoms with Crippen molar-refractivity contribution in [2.24, 2.45) is 14.1 Å². The van der Waals surface area contributed by atoms with Gasteiger partial charge in [0.05, 0.1) is 12.3 Å². The van der Waals surface area contributed by atoms with Crippen molar-refractivity contribution in [2.45, 2.75) is 19.5 Å². The Kier molecular flexibility index (Phi) is 4.25. The van der Waals surface area contributed by atoms with Crippen LogP contribution in [0.4, 0.5) is 0 Å². The molecule has 9 nitrogen and oxygen atoms in total. The number of rotatable bonds is 4. The number of aryl methyl sites for hydroxylation is 1. The lowest BCUT2D eigenvalue weighted by atomic mass is 10.2. The number of carbonyl (C=O) groups is 1. The van der Waals surface area contributed by atoms with Gasteiger partial charge in [0.15, 0.2) is 11.2 Å². The first-order valence-electron chi connectivity index (χ1n) is 7.45. The highest BCUT2D eigenvalue weighted by atomic mass is 35.5. The van der Waals surface area contributed by atoms with Gasteiger partial charge in [0.2, 0.25) is 11.2 Å². The van der Waals surface area contributed by atoms with Crippen LogP contribution in [0.1, 0.15) is 18.7 Å². The van der Waals surface area contributed by atoms with Crippen LogP contribution in [0.5, 0.6) is 0 Å². The Labute approximate surface area is 146 Å². The van der Waals surface area contributed by atoms with Crippen LogP contribution in [0, 0.1) is 0 Å². The van der Waals surface area contributed by atoms with Gasteiger partial charge in [-0.1, -0.05) is 0 Å². The number of nitrogens with zero attached hydrogens (tertiary/aromatic N) is 4. The summed E-state index contributed by atoms with van der Waals surface area (Å²) >= 11 is 6.09. The van der Waals surface area contributed by atoms with E-state index in [0.717, 1.165) is 4.57 Å². The van der Waals surface area contributed by atoms with E-state index in [2.05, 4.69) is 10.3 Å². The van der Waals surface area contributed by atoms with Crippen LogP contribution in [0.25, 0.3) is 11.2 Å². The summed E-state index contributed by atoms with van der Waals surface area (Å²) in [6.45, 7) is 1.56. The molecule has 0 spiro atoms. The van der Waals surface area contributed by atoms with Crippen LogP contribution >= 0.6 is 11.6 Å². The number of amides is 1. The SMILES string of the molecule is C[C@H](NC(=O)Cn1c(Cl)nc2c1c(=O)n(C)c(=O)n2C)c1ccco1. The Balaban J connectivity index is 1.97. The number of imidazole rings is 1. The van der Waals surface area contributed by atoms with Crippen LogP contribution in [-0.2, 0) is 25.4 Å². The van der Waals surface area contributed by atoms with Gasteiger partial charge in [0, 0.05) is 14.1 Å². The van der Waals surface area contributed by atoms with Crippen LogP contribution in [0.2, 0.25) is 5.28 Å². The standard InChI is InChI=1S/C15H16ClN5O4/c1-8(9-5-4-6-25-9)17-10(22)7-21-11-12(18-14(21)16)19(2)15(24)20(3)13(11)23/h4-6,8H,7H2,1-3H3,(H,17,22)/t8-/m0/s1. The molecule has 0 fully saturated rings. The lowest BCUT2D eigenvalue weighted by Crippen LogP contribution is -2.38. The van der Waals surface area contributed by atoms with Crippen molar-refractivity contribution in [2.75, 3.05) is 0 Å². The van der Waals surface area contributed by atoms with E-state index in [9.17, 15) is 14.4 Å². The van der Waals surface area contributed by atoms with Crippen LogP contribution in [0.3, 0.4) is 0 Å². The molecule has 25 heavy (non-hydrogen) atoms. The topological polar surface area (TPSA) is 104 Å². The highest BCUT2D eigenvalue weighted by Crippen LogP contribution is 2.16. The molecule has 132 valence electrons. The molecule has 0 saturated carbocycles. The molecule has 1 atom stereocenters. The van der Waals surface area contributed by atoms with Crippen LogP contribution in [-0.4, -0.2) is 24.6 Å². The van der Waals surface area contributed by atoms with Crippen molar-refractivity contribution in [1.29, 1.82) is 0 Å². The molecule has 0 bridgehead atoms. The van der Waals surface area contributed by atoms with Gasteiger partial charge in [-0.3, -0.25) is 23.3 Å². The number of carbonyl (C=O) groups excluding carboxylic acids is 1. The van der Waals surface area contributed by atoms with Gasteiger partial charge in [0.25, 0.3) is 5.56 Å². The third-order valence-electron chi connectivity index (χ3n) is 3.95. The fourth-order valence-electron chi connectivity index (χ4n) is 2.60. The maximum absolute atomic E-state index is 12.4. The number of halogens is 1. The predicted molar refractivity (Wildman–Crippen MR) is 90.5 cm³/mol. The maximum Gasteiger partial charge on any atom is 0.332 e. The highest BCUT2D eigenvalue weighted by Gasteiger charge is 2.20. The number of furan rings is 1. The molecule has 1 N–H and O–H groups in total. The molecule has 10 heteroatoms. The summed E-state index contributed by atoms with van der Waals surface area (Å²) in [6.07, 6.45) is 1.52. The highest BCUT2D eigenvalue weighted by molar-refractivity contribution is 6.29. The van der Waals surface area contributed by atoms with E-state index in [0.29, 0.717) is 5.76 Å².